The van der Waals surface area contributed by atoms with Crippen molar-refractivity contribution in [2.45, 2.75) is 19.4 Å². The van der Waals surface area contributed by atoms with E-state index in [1.54, 1.807) is 6.20 Å². The number of pyridine rings is 1. The van der Waals surface area contributed by atoms with Gasteiger partial charge in [-0.25, -0.2) is 4.79 Å². The van der Waals surface area contributed by atoms with Crippen LogP contribution < -0.4 is 4.74 Å². The molecule has 164 valence electrons. The SMILES string of the molecule is O=C(O)N1CCc2ccc3ccn(CCOc4c(Br)cc(Br)c5cccnc45)c3c2CC1. The van der Waals surface area contributed by atoms with Crippen molar-refractivity contribution in [2.24, 2.45) is 0 Å². The molecule has 8 heteroatoms. The van der Waals surface area contributed by atoms with E-state index in [9.17, 15) is 9.90 Å². The van der Waals surface area contributed by atoms with Gasteiger partial charge < -0.3 is 19.3 Å². The van der Waals surface area contributed by atoms with E-state index in [1.807, 2.05) is 18.2 Å². The molecule has 1 N–H and O–H groups in total. The molecule has 0 spiro atoms. The summed E-state index contributed by atoms with van der Waals surface area (Å²) in [5, 5.41) is 11.6. The topological polar surface area (TPSA) is 67.6 Å². The summed E-state index contributed by atoms with van der Waals surface area (Å²) in [6.07, 6.45) is 4.46. The first-order chi connectivity index (χ1) is 15.5. The van der Waals surface area contributed by atoms with E-state index >= 15 is 0 Å². The number of nitrogens with zero attached hydrogens (tertiary/aromatic N) is 3. The van der Waals surface area contributed by atoms with Crippen LogP contribution in [0.5, 0.6) is 5.75 Å². The Morgan fingerprint density at radius 1 is 1.12 bits per heavy atom. The number of halogens is 2. The molecule has 2 aromatic heterocycles. The molecule has 0 saturated heterocycles. The molecular weight excluding hydrogens is 538 g/mol. The fourth-order valence-electron chi connectivity index (χ4n) is 4.45. The third kappa shape index (κ3) is 3.86. The molecular formula is C24H21Br2N3O3. The van der Waals surface area contributed by atoms with Crippen molar-refractivity contribution in [3.05, 3.63) is 68.9 Å². The van der Waals surface area contributed by atoms with Crippen molar-refractivity contribution in [2.75, 3.05) is 19.7 Å². The Labute approximate surface area is 202 Å². The van der Waals surface area contributed by atoms with Crippen LogP contribution in [-0.2, 0) is 19.4 Å². The molecule has 32 heavy (non-hydrogen) atoms. The summed E-state index contributed by atoms with van der Waals surface area (Å²) < 4.78 is 10.2. The van der Waals surface area contributed by atoms with Gasteiger partial charge in [0, 0.05) is 35.3 Å². The lowest BCUT2D eigenvalue weighted by Crippen LogP contribution is -2.31. The Kier molecular flexibility index (Phi) is 5.82. The third-order valence-electron chi connectivity index (χ3n) is 6.01. The zero-order valence-corrected chi connectivity index (χ0v) is 20.4. The molecule has 1 aliphatic rings. The minimum Gasteiger partial charge on any atom is -0.488 e. The first-order valence-corrected chi connectivity index (χ1v) is 12.0. The maximum Gasteiger partial charge on any atom is 0.407 e. The number of aromatic nitrogens is 2. The summed E-state index contributed by atoms with van der Waals surface area (Å²) in [7, 11) is 0. The van der Waals surface area contributed by atoms with Gasteiger partial charge in [0.1, 0.15) is 12.1 Å². The first kappa shape index (κ1) is 21.3. The number of hydrogen-bond donors (Lipinski definition) is 1. The summed E-state index contributed by atoms with van der Waals surface area (Å²) in [5.74, 6) is 0.733. The molecule has 5 rings (SSSR count). The van der Waals surface area contributed by atoms with Gasteiger partial charge in [-0.3, -0.25) is 4.98 Å². The molecule has 0 radical (unpaired) electrons. The van der Waals surface area contributed by atoms with E-state index in [-0.39, 0.29) is 0 Å². The number of rotatable bonds is 4. The quantitative estimate of drug-likeness (QED) is 0.340. The van der Waals surface area contributed by atoms with Crippen LogP contribution in [0.3, 0.4) is 0 Å². The summed E-state index contributed by atoms with van der Waals surface area (Å²) in [6.45, 7) is 2.22. The molecule has 0 atom stereocenters. The molecule has 3 heterocycles. The predicted molar refractivity (Wildman–Crippen MR) is 132 cm³/mol. The third-order valence-corrected chi connectivity index (χ3v) is 7.26. The van der Waals surface area contributed by atoms with Crippen molar-refractivity contribution in [1.82, 2.24) is 14.5 Å². The molecule has 0 saturated carbocycles. The standard InChI is InChI=1S/C24H21Br2N3O3/c25-19-14-20(26)23(21-18(19)2-1-8-27-21)32-13-12-28-9-6-16-4-3-15-5-10-29(24(30)31)11-7-17(15)22(16)28/h1-4,6,8-9,14H,5,7,10-13H2,(H,30,31). The number of fused-ring (bicyclic) bond motifs is 4. The van der Waals surface area contributed by atoms with Gasteiger partial charge in [-0.2, -0.15) is 0 Å². The Hall–Kier alpha value is -2.58. The second-order valence-corrected chi connectivity index (χ2v) is 9.55. The number of amides is 1. The molecule has 2 aromatic carbocycles. The van der Waals surface area contributed by atoms with Crippen LogP contribution in [0.4, 0.5) is 4.79 Å². The number of carbonyl (C=O) groups is 1. The van der Waals surface area contributed by atoms with Crippen molar-refractivity contribution in [1.29, 1.82) is 0 Å². The van der Waals surface area contributed by atoms with Gasteiger partial charge in [-0.15, -0.1) is 0 Å². The van der Waals surface area contributed by atoms with Crippen molar-refractivity contribution in [3.63, 3.8) is 0 Å². The van der Waals surface area contributed by atoms with Gasteiger partial charge in [0.15, 0.2) is 5.75 Å². The number of benzene rings is 2. The summed E-state index contributed by atoms with van der Waals surface area (Å²) >= 11 is 7.20. The average Bonchev–Trinajstić information content (AvgIpc) is 3.06. The van der Waals surface area contributed by atoms with E-state index in [2.05, 4.69) is 65.8 Å². The first-order valence-electron chi connectivity index (χ1n) is 10.5. The summed E-state index contributed by atoms with van der Waals surface area (Å²) in [4.78, 5) is 17.5. The molecule has 0 fully saturated rings. The smallest absolute Gasteiger partial charge is 0.407 e. The maximum absolute atomic E-state index is 11.4. The number of hydrogen-bond acceptors (Lipinski definition) is 3. The highest BCUT2D eigenvalue weighted by molar-refractivity contribution is 9.11. The Balaban J connectivity index is 1.41. The minimum atomic E-state index is -0.848. The van der Waals surface area contributed by atoms with Crippen LogP contribution in [0, 0.1) is 0 Å². The van der Waals surface area contributed by atoms with Crippen LogP contribution in [0.2, 0.25) is 0 Å². The molecule has 1 amide bonds. The zero-order valence-electron chi connectivity index (χ0n) is 17.2. The maximum atomic E-state index is 11.4. The van der Waals surface area contributed by atoms with Crippen LogP contribution in [-0.4, -0.2) is 45.3 Å². The summed E-state index contributed by atoms with van der Waals surface area (Å²) in [6, 6.07) is 12.3. The van der Waals surface area contributed by atoms with Gasteiger partial charge in [0.05, 0.1) is 16.5 Å². The molecule has 1 aliphatic heterocycles. The van der Waals surface area contributed by atoms with Crippen LogP contribution >= 0.6 is 31.9 Å². The van der Waals surface area contributed by atoms with Crippen molar-refractivity contribution >= 4 is 59.8 Å². The van der Waals surface area contributed by atoms with Crippen LogP contribution in [0.25, 0.3) is 21.8 Å². The highest BCUT2D eigenvalue weighted by atomic mass is 79.9. The molecule has 0 bridgehead atoms. The van der Waals surface area contributed by atoms with Crippen LogP contribution in [0.15, 0.2) is 57.7 Å². The lowest BCUT2D eigenvalue weighted by atomic mass is 10.00. The van der Waals surface area contributed by atoms with Crippen molar-refractivity contribution in [3.8, 4) is 5.75 Å². The Morgan fingerprint density at radius 3 is 2.81 bits per heavy atom. The second-order valence-electron chi connectivity index (χ2n) is 7.84. The summed E-state index contributed by atoms with van der Waals surface area (Å²) in [5.41, 5.74) is 4.46. The Morgan fingerprint density at radius 2 is 1.97 bits per heavy atom. The van der Waals surface area contributed by atoms with Crippen molar-refractivity contribution < 1.29 is 14.6 Å². The lowest BCUT2D eigenvalue weighted by molar-refractivity contribution is 0.147. The van der Waals surface area contributed by atoms with E-state index in [0.29, 0.717) is 26.2 Å². The largest absolute Gasteiger partial charge is 0.488 e. The molecule has 0 aliphatic carbocycles. The second kappa shape index (κ2) is 8.75. The van der Waals surface area contributed by atoms with Gasteiger partial charge in [-0.1, -0.05) is 34.1 Å². The van der Waals surface area contributed by atoms with Crippen LogP contribution in [0.1, 0.15) is 11.1 Å². The zero-order chi connectivity index (χ0) is 22.2. The van der Waals surface area contributed by atoms with E-state index < -0.39 is 6.09 Å². The van der Waals surface area contributed by atoms with E-state index in [0.717, 1.165) is 38.4 Å². The molecule has 6 nitrogen and oxygen atoms in total. The van der Waals surface area contributed by atoms with Gasteiger partial charge >= 0.3 is 6.09 Å². The molecule has 0 unspecified atom stereocenters. The van der Waals surface area contributed by atoms with Gasteiger partial charge in [-0.05, 0) is 63.5 Å². The van der Waals surface area contributed by atoms with Gasteiger partial charge in [0.25, 0.3) is 0 Å². The molecule has 4 aromatic rings. The highest BCUT2D eigenvalue weighted by Crippen LogP contribution is 2.37. The van der Waals surface area contributed by atoms with Gasteiger partial charge in [0.2, 0.25) is 0 Å². The Bertz CT molecular complexity index is 1340. The predicted octanol–water partition coefficient (Wildman–Crippen LogP) is 5.87. The fourth-order valence-corrected chi connectivity index (χ4v) is 5.84. The minimum absolute atomic E-state index is 0.487. The van der Waals surface area contributed by atoms with E-state index in [1.165, 1.54) is 26.9 Å². The average molecular weight is 559 g/mol. The monoisotopic (exact) mass is 557 g/mol. The normalized spacial score (nSPS) is 13.9. The van der Waals surface area contributed by atoms with E-state index in [4.69, 9.17) is 4.74 Å². The number of ether oxygens (including phenoxy) is 1. The lowest BCUT2D eigenvalue weighted by Gasteiger charge is -2.15. The number of carboxylic acid groups (broad SMARTS) is 1. The highest BCUT2D eigenvalue weighted by Gasteiger charge is 2.20. The fraction of sp³-hybridized carbons (Fsp3) is 0.250.